The van der Waals surface area contributed by atoms with Crippen LogP contribution in [0.1, 0.15) is 47.8 Å². The summed E-state index contributed by atoms with van der Waals surface area (Å²) in [4.78, 5) is 15.4. The summed E-state index contributed by atoms with van der Waals surface area (Å²) >= 11 is 1.44. The van der Waals surface area contributed by atoms with E-state index in [-0.39, 0.29) is 16.7 Å². The number of carbonyl (C=O) groups excluding carboxylic acids is 1. The van der Waals surface area contributed by atoms with Crippen LogP contribution in [0.5, 0.6) is 5.75 Å². The average Bonchev–Trinajstić information content (AvgIpc) is 3.42. The largest absolute Gasteiger partial charge is 0.495 e. The Bertz CT molecular complexity index is 1230. The van der Waals surface area contributed by atoms with Gasteiger partial charge in [0, 0.05) is 23.5 Å². The minimum atomic E-state index is -3.85. The van der Waals surface area contributed by atoms with Gasteiger partial charge in [-0.2, -0.15) is 0 Å². The molecule has 0 unspecified atom stereocenters. The Kier molecular flexibility index (Phi) is 5.94. The number of likely N-dealkylation sites (tertiary alicyclic amines) is 1. The van der Waals surface area contributed by atoms with Crippen molar-refractivity contribution in [2.75, 3.05) is 24.9 Å². The lowest BCUT2D eigenvalue weighted by atomic mass is 10.0. The molecule has 4 rings (SSSR count). The number of rotatable bonds is 6. The molecule has 3 aromatic rings. The molecule has 1 aromatic heterocycles. The number of hydrogen-bond donors (Lipinski definition) is 1. The Labute approximate surface area is 186 Å². The third-order valence-electron chi connectivity index (χ3n) is 5.52. The van der Waals surface area contributed by atoms with Crippen molar-refractivity contribution < 1.29 is 17.9 Å². The van der Waals surface area contributed by atoms with Crippen molar-refractivity contribution in [2.45, 2.75) is 37.5 Å². The molecule has 0 atom stereocenters. The number of amides is 1. The highest BCUT2D eigenvalue weighted by atomic mass is 32.2. The molecule has 0 bridgehead atoms. The molecule has 164 valence electrons. The van der Waals surface area contributed by atoms with Crippen molar-refractivity contribution in [3.8, 4) is 5.75 Å². The first-order valence-corrected chi connectivity index (χ1v) is 12.6. The number of benzene rings is 2. The van der Waals surface area contributed by atoms with Crippen LogP contribution in [0.2, 0.25) is 0 Å². The number of nitrogens with one attached hydrogen (secondary N) is 1. The predicted octanol–water partition coefficient (Wildman–Crippen LogP) is 5.07. The van der Waals surface area contributed by atoms with Crippen LogP contribution in [0.25, 0.3) is 10.1 Å². The van der Waals surface area contributed by atoms with E-state index in [1.54, 1.807) is 24.3 Å². The highest BCUT2D eigenvalue weighted by Crippen LogP contribution is 2.32. The fourth-order valence-corrected chi connectivity index (χ4v) is 6.03. The number of sulfonamides is 1. The zero-order valence-electron chi connectivity index (χ0n) is 17.8. The second-order valence-corrected chi connectivity index (χ2v) is 10.8. The van der Waals surface area contributed by atoms with Gasteiger partial charge in [0.25, 0.3) is 15.9 Å². The number of nitrogens with zero attached hydrogens (tertiary/aromatic N) is 1. The van der Waals surface area contributed by atoms with Gasteiger partial charge < -0.3 is 9.64 Å². The number of thiophene rings is 1. The number of methoxy groups -OCH3 is 1. The van der Waals surface area contributed by atoms with Crippen molar-refractivity contribution >= 4 is 43.0 Å². The fraction of sp³-hybridized carbons (Fsp3) is 0.348. The smallest absolute Gasteiger partial charge is 0.265 e. The Balaban J connectivity index is 1.63. The lowest BCUT2D eigenvalue weighted by Crippen LogP contribution is -2.26. The standard InChI is InChI=1S/C23H26N2O4S2/c1-15(2)16-6-8-19(29-3)22(14-16)31(27,28)24-18-7-9-20-17(12-18)13-21(30-20)23(26)25-10-4-5-11-25/h6-9,12-15,24H,4-5,10-11H2,1-3H3. The van der Waals surface area contributed by atoms with E-state index >= 15 is 0 Å². The van der Waals surface area contributed by atoms with Gasteiger partial charge >= 0.3 is 0 Å². The number of hydrogen-bond acceptors (Lipinski definition) is 5. The number of anilines is 1. The molecule has 1 fully saturated rings. The number of carbonyl (C=O) groups is 1. The maximum atomic E-state index is 13.1. The molecule has 0 aliphatic carbocycles. The van der Waals surface area contributed by atoms with E-state index in [1.807, 2.05) is 36.9 Å². The van der Waals surface area contributed by atoms with Gasteiger partial charge in [-0.15, -0.1) is 11.3 Å². The van der Waals surface area contributed by atoms with Crippen molar-refractivity contribution in [1.82, 2.24) is 4.90 Å². The van der Waals surface area contributed by atoms with Gasteiger partial charge in [0.2, 0.25) is 0 Å². The molecule has 31 heavy (non-hydrogen) atoms. The highest BCUT2D eigenvalue weighted by Gasteiger charge is 2.23. The second kappa shape index (κ2) is 8.51. The molecule has 0 saturated carbocycles. The Morgan fingerprint density at radius 1 is 1.10 bits per heavy atom. The Hall–Kier alpha value is -2.58. The van der Waals surface area contributed by atoms with Crippen LogP contribution >= 0.6 is 11.3 Å². The molecule has 1 amide bonds. The van der Waals surface area contributed by atoms with E-state index in [9.17, 15) is 13.2 Å². The molecule has 6 nitrogen and oxygen atoms in total. The molecule has 1 aliphatic heterocycles. The molecule has 0 spiro atoms. The maximum Gasteiger partial charge on any atom is 0.265 e. The average molecular weight is 459 g/mol. The minimum absolute atomic E-state index is 0.0519. The quantitative estimate of drug-likeness (QED) is 0.560. The topological polar surface area (TPSA) is 75.7 Å². The molecule has 8 heteroatoms. The minimum Gasteiger partial charge on any atom is -0.495 e. The first kappa shape index (κ1) is 21.6. The molecule has 0 radical (unpaired) electrons. The van der Waals surface area contributed by atoms with Crippen molar-refractivity contribution in [3.63, 3.8) is 0 Å². The van der Waals surface area contributed by atoms with Gasteiger partial charge in [0.1, 0.15) is 10.6 Å². The van der Waals surface area contributed by atoms with Crippen LogP contribution in [0.3, 0.4) is 0 Å². The number of fused-ring (bicyclic) bond motifs is 1. The molecule has 1 N–H and O–H groups in total. The molecule has 1 aliphatic rings. The maximum absolute atomic E-state index is 13.1. The van der Waals surface area contributed by atoms with E-state index in [1.165, 1.54) is 18.4 Å². The van der Waals surface area contributed by atoms with E-state index in [4.69, 9.17) is 4.74 Å². The second-order valence-electron chi connectivity index (χ2n) is 8.03. The summed E-state index contributed by atoms with van der Waals surface area (Å²) in [5.74, 6) is 0.539. The van der Waals surface area contributed by atoms with Crippen LogP contribution in [0.4, 0.5) is 5.69 Å². The van der Waals surface area contributed by atoms with Crippen LogP contribution in [-0.4, -0.2) is 39.4 Å². The lowest BCUT2D eigenvalue weighted by Gasteiger charge is -2.14. The monoisotopic (exact) mass is 458 g/mol. The highest BCUT2D eigenvalue weighted by molar-refractivity contribution is 7.92. The normalized spacial score (nSPS) is 14.4. The predicted molar refractivity (Wildman–Crippen MR) is 125 cm³/mol. The van der Waals surface area contributed by atoms with Gasteiger partial charge in [0.05, 0.1) is 12.0 Å². The van der Waals surface area contributed by atoms with E-state index in [2.05, 4.69) is 4.72 Å². The van der Waals surface area contributed by atoms with Gasteiger partial charge in [0.15, 0.2) is 0 Å². The summed E-state index contributed by atoms with van der Waals surface area (Å²) in [6, 6.07) is 12.4. The Morgan fingerprint density at radius 3 is 2.52 bits per heavy atom. The third kappa shape index (κ3) is 4.41. The summed E-state index contributed by atoms with van der Waals surface area (Å²) in [7, 11) is -2.39. The summed E-state index contributed by atoms with van der Waals surface area (Å²) in [6.07, 6.45) is 2.09. The van der Waals surface area contributed by atoms with Crippen LogP contribution < -0.4 is 9.46 Å². The molecular weight excluding hydrogens is 432 g/mol. The zero-order chi connectivity index (χ0) is 22.2. The van der Waals surface area contributed by atoms with Crippen LogP contribution in [0, 0.1) is 0 Å². The molecule has 2 heterocycles. The van der Waals surface area contributed by atoms with E-state index in [0.29, 0.717) is 16.3 Å². The van der Waals surface area contributed by atoms with E-state index in [0.717, 1.165) is 41.6 Å². The fourth-order valence-electron chi connectivity index (χ4n) is 3.76. The SMILES string of the molecule is COc1ccc(C(C)C)cc1S(=O)(=O)Nc1ccc2sc(C(=O)N3CCCC3)cc2c1. The first-order valence-electron chi connectivity index (χ1n) is 10.3. The van der Waals surface area contributed by atoms with Gasteiger partial charge in [-0.3, -0.25) is 9.52 Å². The van der Waals surface area contributed by atoms with E-state index < -0.39 is 10.0 Å². The summed E-state index contributed by atoms with van der Waals surface area (Å²) < 4.78 is 35.2. The van der Waals surface area contributed by atoms with Crippen LogP contribution in [-0.2, 0) is 10.0 Å². The first-order chi connectivity index (χ1) is 14.8. The zero-order valence-corrected chi connectivity index (χ0v) is 19.5. The summed E-state index contributed by atoms with van der Waals surface area (Å²) in [5.41, 5.74) is 1.36. The van der Waals surface area contributed by atoms with Gasteiger partial charge in [-0.05, 0) is 66.1 Å². The van der Waals surface area contributed by atoms with Crippen molar-refractivity contribution in [2.24, 2.45) is 0 Å². The van der Waals surface area contributed by atoms with Gasteiger partial charge in [-0.25, -0.2) is 8.42 Å². The number of ether oxygens (including phenoxy) is 1. The van der Waals surface area contributed by atoms with Crippen molar-refractivity contribution in [3.05, 3.63) is 52.9 Å². The third-order valence-corrected chi connectivity index (χ3v) is 8.02. The summed E-state index contributed by atoms with van der Waals surface area (Å²) in [5, 5.41) is 0.843. The molecule has 1 saturated heterocycles. The molecular formula is C23H26N2O4S2. The Morgan fingerprint density at radius 2 is 1.84 bits per heavy atom. The molecule has 2 aromatic carbocycles. The van der Waals surface area contributed by atoms with Crippen molar-refractivity contribution in [1.29, 1.82) is 0 Å². The summed E-state index contributed by atoms with van der Waals surface area (Å²) in [6.45, 7) is 5.62. The lowest BCUT2D eigenvalue weighted by molar-refractivity contribution is 0.0797. The van der Waals surface area contributed by atoms with Gasteiger partial charge in [-0.1, -0.05) is 19.9 Å². The van der Waals surface area contributed by atoms with Crippen LogP contribution in [0.15, 0.2) is 47.4 Å².